The van der Waals surface area contributed by atoms with E-state index < -0.39 is 0 Å². The quantitative estimate of drug-likeness (QED) is 0.431. The Bertz CT molecular complexity index is 1180. The molecule has 0 fully saturated rings. The number of nitrogens with zero attached hydrogens (tertiary/aromatic N) is 4. The summed E-state index contributed by atoms with van der Waals surface area (Å²) in [5.74, 6) is 1.73. The zero-order chi connectivity index (χ0) is 21.3. The van der Waals surface area contributed by atoms with Crippen LogP contribution < -0.4 is 5.73 Å². The molecule has 1 amide bonds. The van der Waals surface area contributed by atoms with E-state index in [1.807, 2.05) is 36.1 Å². The summed E-state index contributed by atoms with van der Waals surface area (Å²) in [5.41, 5.74) is 10.3. The van der Waals surface area contributed by atoms with Crippen LogP contribution in [0, 0.1) is 5.92 Å². The molecule has 4 N–H and O–H groups in total. The van der Waals surface area contributed by atoms with Crippen molar-refractivity contribution in [3.05, 3.63) is 36.3 Å². The Morgan fingerprint density at radius 3 is 2.77 bits per heavy atom. The Hall–Kier alpha value is -3.42. The van der Waals surface area contributed by atoms with E-state index in [1.165, 1.54) is 0 Å². The molecule has 0 aliphatic rings. The number of nitrogen functional groups attached to an aromatic ring is 1. The number of hydrogen-bond acceptors (Lipinski definition) is 5. The number of benzene rings is 1. The van der Waals surface area contributed by atoms with E-state index in [-0.39, 0.29) is 5.91 Å². The molecule has 8 heteroatoms. The Labute approximate surface area is 174 Å². The smallest absolute Gasteiger partial charge is 0.222 e. The predicted octanol–water partition coefficient (Wildman–Crippen LogP) is 3.87. The minimum atomic E-state index is 0.145. The summed E-state index contributed by atoms with van der Waals surface area (Å²) in [5, 5.41) is 7.99. The number of anilines is 1. The number of aromatic amines is 2. The fraction of sp³-hybridized carbons (Fsp3) is 0.364. The van der Waals surface area contributed by atoms with Crippen LogP contribution in [0.3, 0.4) is 0 Å². The molecule has 0 unspecified atom stereocenters. The second kappa shape index (κ2) is 8.14. The largest absolute Gasteiger partial charge is 0.382 e. The van der Waals surface area contributed by atoms with Crippen LogP contribution >= 0.6 is 0 Å². The highest BCUT2D eigenvalue weighted by atomic mass is 16.2. The first kappa shape index (κ1) is 19.9. The standard InChI is InChI=1S/C22H27N7O/c1-4-29(19(30)8-5-13(2)3)12-18-26-20-15-7-6-14(16-9-10-24-28-16)11-17(15)25-22(23)21(20)27-18/h6-7,9-11,13H,4-5,8,12H2,1-3H3,(H2,23,25)(H,24,28)(H,26,27). The van der Waals surface area contributed by atoms with E-state index in [1.54, 1.807) is 6.20 Å². The van der Waals surface area contributed by atoms with Gasteiger partial charge in [0.25, 0.3) is 0 Å². The number of pyridine rings is 1. The molecule has 0 atom stereocenters. The van der Waals surface area contributed by atoms with Crippen molar-refractivity contribution in [1.29, 1.82) is 0 Å². The van der Waals surface area contributed by atoms with E-state index in [9.17, 15) is 4.79 Å². The van der Waals surface area contributed by atoms with Gasteiger partial charge in [-0.2, -0.15) is 5.10 Å². The molecule has 0 radical (unpaired) electrons. The highest BCUT2D eigenvalue weighted by Crippen LogP contribution is 2.29. The number of rotatable bonds is 7. The summed E-state index contributed by atoms with van der Waals surface area (Å²) in [6, 6.07) is 7.88. The van der Waals surface area contributed by atoms with Crippen molar-refractivity contribution < 1.29 is 4.79 Å². The molecule has 0 spiro atoms. The lowest BCUT2D eigenvalue weighted by Gasteiger charge is -2.20. The number of fused-ring (bicyclic) bond motifs is 3. The van der Waals surface area contributed by atoms with Crippen molar-refractivity contribution in [2.24, 2.45) is 5.92 Å². The third kappa shape index (κ3) is 3.85. The number of nitrogens with two attached hydrogens (primary N) is 1. The molecule has 3 heterocycles. The molecule has 0 aliphatic heterocycles. The van der Waals surface area contributed by atoms with Crippen LogP contribution in [0.15, 0.2) is 30.5 Å². The minimum Gasteiger partial charge on any atom is -0.382 e. The van der Waals surface area contributed by atoms with Gasteiger partial charge in [-0.3, -0.25) is 9.89 Å². The number of carbonyl (C=O) groups excluding carboxylic acids is 1. The molecule has 0 saturated heterocycles. The average molecular weight is 406 g/mol. The zero-order valence-electron chi connectivity index (χ0n) is 17.6. The van der Waals surface area contributed by atoms with Crippen LogP contribution in [0.5, 0.6) is 0 Å². The van der Waals surface area contributed by atoms with Gasteiger partial charge in [-0.05, 0) is 37.5 Å². The van der Waals surface area contributed by atoms with E-state index >= 15 is 0 Å². The summed E-state index contributed by atoms with van der Waals surface area (Å²) in [7, 11) is 0. The van der Waals surface area contributed by atoms with Gasteiger partial charge in [-0.25, -0.2) is 9.97 Å². The number of imidazole rings is 1. The first-order valence-electron chi connectivity index (χ1n) is 10.3. The fourth-order valence-corrected chi connectivity index (χ4v) is 3.60. The SMILES string of the molecule is CCN(Cc1nc2c(N)nc3cc(-c4cc[nH]n4)ccc3c2[nH]1)C(=O)CCC(C)C. The second-order valence-corrected chi connectivity index (χ2v) is 7.94. The average Bonchev–Trinajstić information content (AvgIpc) is 3.40. The van der Waals surface area contributed by atoms with E-state index in [2.05, 4.69) is 39.0 Å². The van der Waals surface area contributed by atoms with Crippen molar-refractivity contribution in [2.75, 3.05) is 12.3 Å². The van der Waals surface area contributed by atoms with Crippen molar-refractivity contribution in [3.8, 4) is 11.3 Å². The Morgan fingerprint density at radius 1 is 1.23 bits per heavy atom. The molecule has 4 aromatic rings. The molecular formula is C22H27N7O. The van der Waals surface area contributed by atoms with Crippen LogP contribution in [0.2, 0.25) is 0 Å². The van der Waals surface area contributed by atoms with Gasteiger partial charge in [0.05, 0.1) is 23.3 Å². The van der Waals surface area contributed by atoms with Crippen molar-refractivity contribution in [2.45, 2.75) is 40.2 Å². The normalized spacial score (nSPS) is 11.6. The Morgan fingerprint density at radius 2 is 2.07 bits per heavy atom. The highest BCUT2D eigenvalue weighted by Gasteiger charge is 2.17. The molecule has 1 aromatic carbocycles. The number of H-pyrrole nitrogens is 2. The molecule has 4 rings (SSSR count). The molecule has 0 saturated carbocycles. The van der Waals surface area contributed by atoms with Gasteiger partial charge in [0.1, 0.15) is 11.3 Å². The summed E-state index contributed by atoms with van der Waals surface area (Å²) in [6.07, 6.45) is 3.22. The third-order valence-corrected chi connectivity index (χ3v) is 5.31. The highest BCUT2D eigenvalue weighted by molar-refractivity contribution is 6.07. The maximum Gasteiger partial charge on any atom is 0.222 e. The lowest BCUT2D eigenvalue weighted by Crippen LogP contribution is -2.30. The lowest BCUT2D eigenvalue weighted by molar-refractivity contribution is -0.132. The summed E-state index contributed by atoms with van der Waals surface area (Å²) < 4.78 is 0. The molecule has 8 nitrogen and oxygen atoms in total. The maximum atomic E-state index is 12.6. The van der Waals surface area contributed by atoms with Crippen LogP contribution in [-0.2, 0) is 11.3 Å². The van der Waals surface area contributed by atoms with Gasteiger partial charge < -0.3 is 15.6 Å². The second-order valence-electron chi connectivity index (χ2n) is 7.94. The van der Waals surface area contributed by atoms with Crippen molar-refractivity contribution in [3.63, 3.8) is 0 Å². The monoisotopic (exact) mass is 405 g/mol. The van der Waals surface area contributed by atoms with Gasteiger partial charge in [0, 0.05) is 30.1 Å². The summed E-state index contributed by atoms with van der Waals surface area (Å²) in [4.78, 5) is 27.0. The Balaban J connectivity index is 1.66. The van der Waals surface area contributed by atoms with E-state index in [0.29, 0.717) is 42.6 Å². The fourth-order valence-electron chi connectivity index (χ4n) is 3.60. The van der Waals surface area contributed by atoms with Gasteiger partial charge in [0.2, 0.25) is 5.91 Å². The topological polar surface area (TPSA) is 117 Å². The Kier molecular flexibility index (Phi) is 5.39. The number of nitrogens with one attached hydrogen (secondary N) is 2. The van der Waals surface area contributed by atoms with Crippen molar-refractivity contribution >= 4 is 33.7 Å². The molecule has 30 heavy (non-hydrogen) atoms. The van der Waals surface area contributed by atoms with Gasteiger partial charge in [0.15, 0.2) is 5.82 Å². The minimum absolute atomic E-state index is 0.145. The molecule has 0 bridgehead atoms. The van der Waals surface area contributed by atoms with Gasteiger partial charge >= 0.3 is 0 Å². The van der Waals surface area contributed by atoms with Gasteiger partial charge in [-0.15, -0.1) is 0 Å². The zero-order valence-corrected chi connectivity index (χ0v) is 17.6. The summed E-state index contributed by atoms with van der Waals surface area (Å²) >= 11 is 0. The first-order chi connectivity index (χ1) is 14.5. The van der Waals surface area contributed by atoms with Crippen LogP contribution in [0.25, 0.3) is 33.2 Å². The van der Waals surface area contributed by atoms with Gasteiger partial charge in [-0.1, -0.05) is 19.9 Å². The number of hydrogen-bond donors (Lipinski definition) is 3. The van der Waals surface area contributed by atoms with Crippen molar-refractivity contribution in [1.82, 2.24) is 30.0 Å². The van der Waals surface area contributed by atoms with Crippen LogP contribution in [0.1, 0.15) is 39.4 Å². The number of carbonyl (C=O) groups is 1. The first-order valence-corrected chi connectivity index (χ1v) is 10.3. The number of amides is 1. The number of aromatic nitrogens is 5. The predicted molar refractivity (Wildman–Crippen MR) is 119 cm³/mol. The summed E-state index contributed by atoms with van der Waals surface area (Å²) in [6.45, 7) is 7.30. The van der Waals surface area contributed by atoms with E-state index in [0.717, 1.165) is 34.1 Å². The molecular weight excluding hydrogens is 378 g/mol. The van der Waals surface area contributed by atoms with E-state index in [4.69, 9.17) is 5.73 Å². The van der Waals surface area contributed by atoms with Crippen LogP contribution in [-0.4, -0.2) is 42.5 Å². The molecule has 156 valence electrons. The molecule has 0 aliphatic carbocycles. The maximum absolute atomic E-state index is 12.6. The molecule has 3 aromatic heterocycles. The van der Waals surface area contributed by atoms with Crippen LogP contribution in [0.4, 0.5) is 5.82 Å². The third-order valence-electron chi connectivity index (χ3n) is 5.31. The lowest BCUT2D eigenvalue weighted by atomic mass is 10.1.